The number of rotatable bonds is 1. The minimum atomic E-state index is -1.58. The Hall–Kier alpha value is -2.18. The van der Waals surface area contributed by atoms with E-state index < -0.39 is 28.4 Å². The van der Waals surface area contributed by atoms with Crippen LogP contribution in [-0.4, -0.2) is 9.36 Å². The van der Waals surface area contributed by atoms with Gasteiger partial charge < -0.3 is 5.73 Å². The van der Waals surface area contributed by atoms with Crippen LogP contribution in [0.1, 0.15) is 26.5 Å². The van der Waals surface area contributed by atoms with Crippen molar-refractivity contribution in [2.24, 2.45) is 7.05 Å². The third-order valence-corrected chi connectivity index (χ3v) is 3.23. The Bertz CT molecular complexity index is 746. The molecule has 0 aliphatic heterocycles. The van der Waals surface area contributed by atoms with Gasteiger partial charge in [-0.1, -0.05) is 20.8 Å². The van der Waals surface area contributed by atoms with Gasteiger partial charge in [0.15, 0.2) is 17.5 Å². The van der Waals surface area contributed by atoms with Crippen LogP contribution in [-0.2, 0) is 12.5 Å². The average Bonchev–Trinajstić information content (AvgIpc) is 2.56. The topological polar surface area (TPSA) is 52.9 Å². The summed E-state index contributed by atoms with van der Waals surface area (Å²) in [6.07, 6.45) is 0. The summed E-state index contributed by atoms with van der Waals surface area (Å²) in [6.45, 7) is 5.57. The minimum absolute atomic E-state index is 0.00450. The molecular formula is C14H16F3N3O. The Balaban J connectivity index is 2.81. The van der Waals surface area contributed by atoms with Crippen molar-refractivity contribution in [3.05, 3.63) is 45.6 Å². The number of aromatic nitrogens is 2. The van der Waals surface area contributed by atoms with Gasteiger partial charge in [-0.05, 0) is 0 Å². The highest BCUT2D eigenvalue weighted by atomic mass is 19.2. The van der Waals surface area contributed by atoms with Gasteiger partial charge in [-0.2, -0.15) is 0 Å². The minimum Gasteiger partial charge on any atom is -0.393 e. The second kappa shape index (κ2) is 4.68. The van der Waals surface area contributed by atoms with Crippen molar-refractivity contribution in [1.29, 1.82) is 0 Å². The van der Waals surface area contributed by atoms with Crippen LogP contribution >= 0.6 is 0 Å². The molecule has 4 nitrogen and oxygen atoms in total. The molecule has 0 unspecified atom stereocenters. The molecule has 2 aromatic rings. The average molecular weight is 299 g/mol. The van der Waals surface area contributed by atoms with Crippen LogP contribution in [0.25, 0.3) is 5.69 Å². The molecule has 0 saturated carbocycles. The number of benzene rings is 1. The number of nitrogen functional groups attached to an aromatic ring is 1. The molecular weight excluding hydrogens is 283 g/mol. The van der Waals surface area contributed by atoms with Crippen molar-refractivity contribution in [2.45, 2.75) is 26.2 Å². The van der Waals surface area contributed by atoms with E-state index in [4.69, 9.17) is 5.73 Å². The molecule has 0 radical (unpaired) electrons. The van der Waals surface area contributed by atoms with Crippen LogP contribution in [0.3, 0.4) is 0 Å². The SMILES string of the molecule is Cn1c(C(C)(C)C)c(N)c(=O)n1-c1cc(F)c(F)c(F)c1. The molecule has 1 heterocycles. The molecule has 1 aromatic heterocycles. The molecule has 114 valence electrons. The molecule has 0 atom stereocenters. The lowest BCUT2D eigenvalue weighted by atomic mass is 9.91. The summed E-state index contributed by atoms with van der Waals surface area (Å²) in [5, 5.41) is 0. The Morgan fingerprint density at radius 3 is 1.95 bits per heavy atom. The summed E-state index contributed by atoms with van der Waals surface area (Å²) in [6, 6.07) is 1.51. The fraction of sp³-hybridized carbons (Fsp3) is 0.357. The molecule has 2 rings (SSSR count). The van der Waals surface area contributed by atoms with E-state index in [1.807, 2.05) is 20.8 Å². The zero-order valence-electron chi connectivity index (χ0n) is 12.2. The lowest BCUT2D eigenvalue weighted by Gasteiger charge is -2.21. The second-order valence-electron chi connectivity index (χ2n) is 5.88. The van der Waals surface area contributed by atoms with Gasteiger partial charge in [0.2, 0.25) is 0 Å². The van der Waals surface area contributed by atoms with Gasteiger partial charge in [0.25, 0.3) is 5.56 Å². The highest BCUT2D eigenvalue weighted by molar-refractivity contribution is 5.48. The summed E-state index contributed by atoms with van der Waals surface area (Å²) in [5.41, 5.74) is 5.17. The number of hydrogen-bond donors (Lipinski definition) is 1. The molecule has 0 aliphatic carbocycles. The van der Waals surface area contributed by atoms with E-state index in [1.165, 1.54) is 4.68 Å². The summed E-state index contributed by atoms with van der Waals surface area (Å²) in [4.78, 5) is 12.2. The third kappa shape index (κ3) is 2.32. The quantitative estimate of drug-likeness (QED) is 0.822. The molecule has 7 heteroatoms. The maximum Gasteiger partial charge on any atom is 0.294 e. The van der Waals surface area contributed by atoms with Crippen LogP contribution in [0.5, 0.6) is 0 Å². The number of hydrogen-bond acceptors (Lipinski definition) is 2. The van der Waals surface area contributed by atoms with E-state index in [0.29, 0.717) is 5.69 Å². The van der Waals surface area contributed by atoms with Crippen molar-refractivity contribution < 1.29 is 13.2 Å². The van der Waals surface area contributed by atoms with E-state index in [1.54, 1.807) is 7.05 Å². The highest BCUT2D eigenvalue weighted by Crippen LogP contribution is 2.27. The zero-order chi connectivity index (χ0) is 16.1. The summed E-state index contributed by atoms with van der Waals surface area (Å²) >= 11 is 0. The fourth-order valence-electron chi connectivity index (χ4n) is 2.47. The van der Waals surface area contributed by atoms with E-state index in [0.717, 1.165) is 16.8 Å². The lowest BCUT2D eigenvalue weighted by molar-refractivity contribution is 0.443. The number of nitrogens with two attached hydrogens (primary N) is 1. The van der Waals surface area contributed by atoms with Gasteiger partial charge in [-0.15, -0.1) is 0 Å². The maximum absolute atomic E-state index is 13.4. The Labute approximate surface area is 119 Å². The normalized spacial score (nSPS) is 12.0. The van der Waals surface area contributed by atoms with E-state index in [2.05, 4.69) is 0 Å². The van der Waals surface area contributed by atoms with Crippen LogP contribution in [0.15, 0.2) is 16.9 Å². The Morgan fingerprint density at radius 1 is 1.10 bits per heavy atom. The standard InChI is InChI=1S/C14H16F3N3O/c1-14(2,3)12-11(18)13(21)20(19(12)4)7-5-8(15)10(17)9(16)6-7/h5-6H,18H2,1-4H3. The number of anilines is 1. The smallest absolute Gasteiger partial charge is 0.294 e. The first-order valence-corrected chi connectivity index (χ1v) is 6.28. The lowest BCUT2D eigenvalue weighted by Crippen LogP contribution is -2.22. The van der Waals surface area contributed by atoms with E-state index >= 15 is 0 Å². The molecule has 0 aliphatic rings. The van der Waals surface area contributed by atoms with Crippen molar-refractivity contribution in [3.8, 4) is 5.69 Å². The van der Waals surface area contributed by atoms with Crippen LogP contribution < -0.4 is 11.3 Å². The monoisotopic (exact) mass is 299 g/mol. The van der Waals surface area contributed by atoms with Crippen molar-refractivity contribution in [2.75, 3.05) is 5.73 Å². The van der Waals surface area contributed by atoms with Gasteiger partial charge in [-0.25, -0.2) is 17.9 Å². The van der Waals surface area contributed by atoms with Gasteiger partial charge in [0, 0.05) is 24.6 Å². The third-order valence-electron chi connectivity index (χ3n) is 3.23. The summed E-state index contributed by atoms with van der Waals surface area (Å²) in [7, 11) is 1.55. The van der Waals surface area contributed by atoms with Crippen molar-refractivity contribution >= 4 is 5.69 Å². The van der Waals surface area contributed by atoms with E-state index in [9.17, 15) is 18.0 Å². The molecule has 0 saturated heterocycles. The molecule has 0 fully saturated rings. The first kappa shape index (κ1) is 15.2. The summed E-state index contributed by atoms with van der Waals surface area (Å²) in [5.74, 6) is -4.31. The van der Waals surface area contributed by atoms with Crippen LogP contribution in [0.4, 0.5) is 18.9 Å². The zero-order valence-corrected chi connectivity index (χ0v) is 12.2. The molecule has 0 bridgehead atoms. The van der Waals surface area contributed by atoms with Crippen molar-refractivity contribution in [3.63, 3.8) is 0 Å². The first-order valence-electron chi connectivity index (χ1n) is 6.28. The number of halogens is 3. The molecule has 2 N–H and O–H groups in total. The first-order chi connectivity index (χ1) is 9.55. The predicted octanol–water partition coefficient (Wildman–Crippen LogP) is 2.47. The van der Waals surface area contributed by atoms with Crippen LogP contribution in [0.2, 0.25) is 0 Å². The summed E-state index contributed by atoms with van der Waals surface area (Å²) < 4.78 is 42.2. The predicted molar refractivity (Wildman–Crippen MR) is 74.0 cm³/mol. The second-order valence-corrected chi connectivity index (χ2v) is 5.88. The van der Waals surface area contributed by atoms with Gasteiger partial charge in [0.1, 0.15) is 5.69 Å². The molecule has 0 amide bonds. The Kier molecular flexibility index (Phi) is 3.39. The number of nitrogens with zero attached hydrogens (tertiary/aromatic N) is 2. The largest absolute Gasteiger partial charge is 0.393 e. The fourth-order valence-corrected chi connectivity index (χ4v) is 2.47. The molecule has 0 spiro atoms. The molecule has 21 heavy (non-hydrogen) atoms. The van der Waals surface area contributed by atoms with Gasteiger partial charge in [-0.3, -0.25) is 9.48 Å². The Morgan fingerprint density at radius 2 is 1.57 bits per heavy atom. The van der Waals surface area contributed by atoms with Gasteiger partial charge >= 0.3 is 0 Å². The van der Waals surface area contributed by atoms with Gasteiger partial charge in [0.05, 0.1) is 11.4 Å². The maximum atomic E-state index is 13.4. The molecule has 1 aromatic carbocycles. The van der Waals surface area contributed by atoms with Crippen LogP contribution in [0, 0.1) is 17.5 Å². The van der Waals surface area contributed by atoms with E-state index in [-0.39, 0.29) is 11.4 Å². The highest BCUT2D eigenvalue weighted by Gasteiger charge is 2.27. The van der Waals surface area contributed by atoms with Crippen molar-refractivity contribution in [1.82, 2.24) is 9.36 Å².